The summed E-state index contributed by atoms with van der Waals surface area (Å²) in [6, 6.07) is 18.1. The minimum atomic E-state index is -0.266. The molecule has 0 amide bonds. The molecule has 2 aromatic carbocycles. The van der Waals surface area contributed by atoms with E-state index in [2.05, 4.69) is 22.4 Å². The number of nitrogens with one attached hydrogen (secondary N) is 1. The number of nitrogens with zero attached hydrogens (tertiary/aromatic N) is 1. The number of ether oxygens (including phenoxy) is 1. The van der Waals surface area contributed by atoms with E-state index in [9.17, 15) is 4.79 Å². The van der Waals surface area contributed by atoms with Crippen LogP contribution < -0.4 is 5.32 Å². The van der Waals surface area contributed by atoms with Crippen molar-refractivity contribution in [3.05, 3.63) is 71.4 Å². The normalized spacial score (nSPS) is 10.6. The van der Waals surface area contributed by atoms with Gasteiger partial charge < -0.3 is 10.1 Å². The van der Waals surface area contributed by atoms with Gasteiger partial charge in [-0.25, -0.2) is 0 Å². The summed E-state index contributed by atoms with van der Waals surface area (Å²) in [5, 5.41) is 4.51. The largest absolute Gasteiger partial charge is 0.469 e. The zero-order valence-corrected chi connectivity index (χ0v) is 13.9. The van der Waals surface area contributed by atoms with Gasteiger partial charge in [0, 0.05) is 28.9 Å². The smallest absolute Gasteiger partial charge is 0.310 e. The molecule has 0 saturated heterocycles. The molecule has 0 radical (unpaired) electrons. The highest BCUT2D eigenvalue weighted by Gasteiger charge is 2.16. The topological polar surface area (TPSA) is 51.2 Å². The Kier molecular flexibility index (Phi) is 4.75. The average Bonchev–Trinajstić information content (AvgIpc) is 2.62. The second-order valence-corrected chi connectivity index (χ2v) is 5.66. The summed E-state index contributed by atoms with van der Waals surface area (Å²) in [6.07, 6.45) is 0.206. The first-order chi connectivity index (χ1) is 11.7. The van der Waals surface area contributed by atoms with Crippen LogP contribution >= 0.6 is 0 Å². The van der Waals surface area contributed by atoms with Crippen molar-refractivity contribution in [1.82, 2.24) is 4.98 Å². The summed E-state index contributed by atoms with van der Waals surface area (Å²) >= 11 is 0. The van der Waals surface area contributed by atoms with Crippen LogP contribution in [0, 0.1) is 6.92 Å². The van der Waals surface area contributed by atoms with Crippen LogP contribution in [-0.2, 0) is 22.5 Å². The molecule has 0 spiro atoms. The molecule has 1 aromatic heterocycles. The van der Waals surface area contributed by atoms with Crippen molar-refractivity contribution in [2.24, 2.45) is 0 Å². The Hall–Kier alpha value is -2.88. The fourth-order valence-electron chi connectivity index (χ4n) is 2.80. The monoisotopic (exact) mass is 320 g/mol. The van der Waals surface area contributed by atoms with Crippen molar-refractivity contribution in [3.63, 3.8) is 0 Å². The number of rotatable bonds is 5. The van der Waals surface area contributed by atoms with Gasteiger partial charge in [-0.05, 0) is 18.6 Å². The van der Waals surface area contributed by atoms with Crippen molar-refractivity contribution >= 4 is 22.6 Å². The van der Waals surface area contributed by atoms with Gasteiger partial charge in [0.2, 0.25) is 0 Å². The van der Waals surface area contributed by atoms with Crippen LogP contribution in [0.25, 0.3) is 10.9 Å². The molecule has 3 aromatic rings. The van der Waals surface area contributed by atoms with Gasteiger partial charge in [-0.1, -0.05) is 48.5 Å². The Morgan fingerprint density at radius 2 is 1.79 bits per heavy atom. The van der Waals surface area contributed by atoms with Crippen molar-refractivity contribution < 1.29 is 9.53 Å². The Bertz CT molecular complexity index is 860. The molecule has 0 saturated carbocycles. The third kappa shape index (κ3) is 3.38. The third-order valence-corrected chi connectivity index (χ3v) is 4.06. The maximum Gasteiger partial charge on any atom is 0.310 e. The maximum absolute atomic E-state index is 11.8. The van der Waals surface area contributed by atoms with E-state index in [0.717, 1.165) is 27.8 Å². The van der Waals surface area contributed by atoms with Crippen molar-refractivity contribution in [2.45, 2.75) is 19.9 Å². The Morgan fingerprint density at radius 1 is 1.08 bits per heavy atom. The number of benzene rings is 2. The number of aromatic nitrogens is 1. The number of esters is 1. The highest BCUT2D eigenvalue weighted by molar-refractivity contribution is 5.95. The van der Waals surface area contributed by atoms with Gasteiger partial charge in [-0.3, -0.25) is 9.78 Å². The van der Waals surface area contributed by atoms with Crippen LogP contribution in [-0.4, -0.2) is 18.1 Å². The van der Waals surface area contributed by atoms with Crippen molar-refractivity contribution in [1.29, 1.82) is 0 Å². The van der Waals surface area contributed by atoms with E-state index in [1.807, 2.05) is 49.4 Å². The number of carbonyl (C=O) groups is 1. The Morgan fingerprint density at radius 3 is 2.54 bits per heavy atom. The summed E-state index contributed by atoms with van der Waals surface area (Å²) in [7, 11) is 1.41. The first kappa shape index (κ1) is 16.0. The molecule has 1 heterocycles. The van der Waals surface area contributed by atoms with Crippen LogP contribution in [0.15, 0.2) is 54.6 Å². The Balaban J connectivity index is 2.03. The lowest BCUT2D eigenvalue weighted by atomic mass is 10.0. The summed E-state index contributed by atoms with van der Waals surface area (Å²) in [5.41, 5.74) is 4.78. The number of anilines is 1. The van der Waals surface area contributed by atoms with Gasteiger partial charge in [0.25, 0.3) is 0 Å². The lowest BCUT2D eigenvalue weighted by Gasteiger charge is -2.17. The van der Waals surface area contributed by atoms with Gasteiger partial charge in [-0.2, -0.15) is 0 Å². The average molecular weight is 320 g/mol. The lowest BCUT2D eigenvalue weighted by molar-refractivity contribution is -0.139. The molecule has 0 aliphatic rings. The zero-order valence-electron chi connectivity index (χ0n) is 13.9. The molecule has 0 unspecified atom stereocenters. The number of methoxy groups -OCH3 is 1. The highest BCUT2D eigenvalue weighted by atomic mass is 16.5. The molecule has 0 aliphatic heterocycles. The molecule has 4 nitrogen and oxygen atoms in total. The predicted octanol–water partition coefficient (Wildman–Crippen LogP) is 3.87. The molecule has 0 aliphatic carbocycles. The van der Waals surface area contributed by atoms with Gasteiger partial charge in [0.05, 0.1) is 19.0 Å². The number of para-hydroxylation sites is 1. The molecule has 0 bridgehead atoms. The molecule has 24 heavy (non-hydrogen) atoms. The SMILES string of the molecule is COC(=O)Cc1c(C)nc2ccccc2c1NCc1ccccc1. The molecule has 1 N–H and O–H groups in total. The number of hydrogen-bond donors (Lipinski definition) is 1. The fourth-order valence-corrected chi connectivity index (χ4v) is 2.80. The summed E-state index contributed by atoms with van der Waals surface area (Å²) in [6.45, 7) is 2.61. The van der Waals surface area contributed by atoms with E-state index in [4.69, 9.17) is 4.74 Å². The molecular formula is C20H20N2O2. The molecule has 4 heteroatoms. The van der Waals surface area contributed by atoms with Gasteiger partial charge in [-0.15, -0.1) is 0 Å². The van der Waals surface area contributed by atoms with E-state index in [-0.39, 0.29) is 12.4 Å². The van der Waals surface area contributed by atoms with E-state index in [0.29, 0.717) is 6.54 Å². The summed E-state index contributed by atoms with van der Waals surface area (Å²) in [5.74, 6) is -0.266. The lowest BCUT2D eigenvalue weighted by Crippen LogP contribution is -2.11. The molecule has 0 fully saturated rings. The van der Waals surface area contributed by atoms with Crippen molar-refractivity contribution in [2.75, 3.05) is 12.4 Å². The third-order valence-electron chi connectivity index (χ3n) is 4.06. The quantitative estimate of drug-likeness (QED) is 0.725. The van der Waals surface area contributed by atoms with Crippen LogP contribution in [0.1, 0.15) is 16.8 Å². The molecular weight excluding hydrogens is 300 g/mol. The first-order valence-electron chi connectivity index (χ1n) is 7.92. The first-order valence-corrected chi connectivity index (χ1v) is 7.92. The number of pyridine rings is 1. The number of carbonyl (C=O) groups excluding carboxylic acids is 1. The standard InChI is InChI=1S/C20H20N2O2/c1-14-17(12-19(23)24-2)20(16-10-6-7-11-18(16)22-14)21-13-15-8-4-3-5-9-15/h3-11H,12-13H2,1-2H3,(H,21,22). The second-order valence-electron chi connectivity index (χ2n) is 5.66. The van der Waals surface area contributed by atoms with Crippen LogP contribution in [0.3, 0.4) is 0 Å². The minimum absolute atomic E-state index is 0.206. The molecule has 122 valence electrons. The zero-order chi connectivity index (χ0) is 16.9. The van der Waals surface area contributed by atoms with Crippen LogP contribution in [0.4, 0.5) is 5.69 Å². The van der Waals surface area contributed by atoms with Crippen molar-refractivity contribution in [3.8, 4) is 0 Å². The maximum atomic E-state index is 11.8. The number of hydrogen-bond acceptors (Lipinski definition) is 4. The van der Waals surface area contributed by atoms with Crippen LogP contribution in [0.2, 0.25) is 0 Å². The summed E-state index contributed by atoms with van der Waals surface area (Å²) in [4.78, 5) is 16.4. The van der Waals surface area contributed by atoms with Gasteiger partial charge >= 0.3 is 5.97 Å². The van der Waals surface area contributed by atoms with E-state index >= 15 is 0 Å². The van der Waals surface area contributed by atoms with E-state index in [1.165, 1.54) is 12.7 Å². The van der Waals surface area contributed by atoms with E-state index < -0.39 is 0 Å². The van der Waals surface area contributed by atoms with Gasteiger partial charge in [0.1, 0.15) is 0 Å². The fraction of sp³-hybridized carbons (Fsp3) is 0.200. The van der Waals surface area contributed by atoms with Gasteiger partial charge in [0.15, 0.2) is 0 Å². The number of aryl methyl sites for hydroxylation is 1. The molecule has 3 rings (SSSR count). The predicted molar refractivity (Wildman–Crippen MR) is 96.0 cm³/mol. The second kappa shape index (κ2) is 7.13. The van der Waals surface area contributed by atoms with E-state index in [1.54, 1.807) is 0 Å². The Labute approximate surface area is 141 Å². The summed E-state index contributed by atoms with van der Waals surface area (Å²) < 4.78 is 4.84. The number of fused-ring (bicyclic) bond motifs is 1. The van der Waals surface area contributed by atoms with Crippen LogP contribution in [0.5, 0.6) is 0 Å². The molecule has 0 atom stereocenters. The minimum Gasteiger partial charge on any atom is -0.469 e. The highest BCUT2D eigenvalue weighted by Crippen LogP contribution is 2.29.